The first kappa shape index (κ1) is 20.7. The van der Waals surface area contributed by atoms with Gasteiger partial charge in [0.2, 0.25) is 0 Å². The van der Waals surface area contributed by atoms with Crippen LogP contribution in [0, 0.1) is 11.7 Å². The number of nitrogens with one attached hydrogen (secondary N) is 1. The Morgan fingerprint density at radius 2 is 2.00 bits per heavy atom. The highest BCUT2D eigenvalue weighted by atomic mass is 19.1. The van der Waals surface area contributed by atoms with E-state index in [1.807, 2.05) is 0 Å². The summed E-state index contributed by atoms with van der Waals surface area (Å²) in [4.78, 5) is 11.5. The zero-order chi connectivity index (χ0) is 22.6. The molecule has 4 aromatic rings. The van der Waals surface area contributed by atoms with Gasteiger partial charge in [-0.05, 0) is 60.7 Å². The SMILES string of the molecule is COCC(C)(C)c1c([C@H]2C[C@H](C(=O)O)C2)c2cc3[nH]ncc3cc2n1-c1ccc(F)cc1. The molecule has 1 aliphatic carbocycles. The molecule has 1 fully saturated rings. The van der Waals surface area contributed by atoms with Crippen molar-refractivity contribution >= 4 is 27.8 Å². The molecule has 1 aliphatic rings. The number of aromatic nitrogens is 3. The summed E-state index contributed by atoms with van der Waals surface area (Å²) in [6.45, 7) is 4.76. The Morgan fingerprint density at radius 3 is 2.66 bits per heavy atom. The molecule has 32 heavy (non-hydrogen) atoms. The summed E-state index contributed by atoms with van der Waals surface area (Å²) in [5.74, 6) is -1.22. The highest BCUT2D eigenvalue weighted by molar-refractivity contribution is 5.99. The van der Waals surface area contributed by atoms with Crippen LogP contribution in [0.15, 0.2) is 42.6 Å². The van der Waals surface area contributed by atoms with Crippen LogP contribution in [0.4, 0.5) is 4.39 Å². The predicted molar refractivity (Wildman–Crippen MR) is 121 cm³/mol. The highest BCUT2D eigenvalue weighted by Gasteiger charge is 2.41. The van der Waals surface area contributed by atoms with E-state index in [0.717, 1.165) is 38.8 Å². The molecule has 0 aliphatic heterocycles. The molecule has 2 aromatic heterocycles. The second-order valence-electron chi connectivity index (χ2n) is 9.42. The third-order valence-corrected chi connectivity index (χ3v) is 6.69. The van der Waals surface area contributed by atoms with Crippen molar-refractivity contribution in [3.05, 3.63) is 59.7 Å². The number of halogens is 1. The Hall–Kier alpha value is -3.19. The molecule has 7 heteroatoms. The van der Waals surface area contributed by atoms with Crippen molar-refractivity contribution in [2.24, 2.45) is 5.92 Å². The fraction of sp³-hybridized carbons (Fsp3) is 0.360. The fourth-order valence-electron chi connectivity index (χ4n) is 5.17. The number of fused-ring (bicyclic) bond motifs is 2. The summed E-state index contributed by atoms with van der Waals surface area (Å²) in [7, 11) is 1.69. The second kappa shape index (κ2) is 7.45. The lowest BCUT2D eigenvalue weighted by Crippen LogP contribution is -2.33. The van der Waals surface area contributed by atoms with Crippen LogP contribution in [-0.2, 0) is 14.9 Å². The lowest BCUT2D eigenvalue weighted by atomic mass is 9.68. The van der Waals surface area contributed by atoms with Crippen molar-refractivity contribution in [3.63, 3.8) is 0 Å². The number of benzene rings is 2. The lowest BCUT2D eigenvalue weighted by Gasteiger charge is -2.36. The molecule has 2 N–H and O–H groups in total. The van der Waals surface area contributed by atoms with Crippen molar-refractivity contribution in [1.29, 1.82) is 0 Å². The maximum Gasteiger partial charge on any atom is 0.306 e. The van der Waals surface area contributed by atoms with E-state index in [4.69, 9.17) is 4.74 Å². The van der Waals surface area contributed by atoms with E-state index in [0.29, 0.717) is 19.4 Å². The van der Waals surface area contributed by atoms with Crippen molar-refractivity contribution < 1.29 is 19.0 Å². The second-order valence-corrected chi connectivity index (χ2v) is 9.42. The van der Waals surface area contributed by atoms with Crippen molar-refractivity contribution in [1.82, 2.24) is 14.8 Å². The van der Waals surface area contributed by atoms with Crippen LogP contribution in [0.3, 0.4) is 0 Å². The quantitative estimate of drug-likeness (QED) is 0.439. The molecule has 0 bridgehead atoms. The number of nitrogens with zero attached hydrogens (tertiary/aromatic N) is 2. The molecule has 2 aromatic carbocycles. The first-order valence-electron chi connectivity index (χ1n) is 10.8. The molecule has 5 rings (SSSR count). The average molecular weight is 435 g/mol. The van der Waals surface area contributed by atoms with Gasteiger partial charge >= 0.3 is 5.97 Å². The van der Waals surface area contributed by atoms with Gasteiger partial charge in [0.25, 0.3) is 0 Å². The number of rotatable bonds is 6. The maximum absolute atomic E-state index is 13.8. The summed E-state index contributed by atoms with van der Waals surface area (Å²) < 4.78 is 21.5. The number of ether oxygens (including phenoxy) is 1. The van der Waals surface area contributed by atoms with Crippen LogP contribution in [0.2, 0.25) is 0 Å². The summed E-state index contributed by atoms with van der Waals surface area (Å²) in [5.41, 5.74) is 4.66. The fourth-order valence-corrected chi connectivity index (χ4v) is 5.17. The summed E-state index contributed by atoms with van der Waals surface area (Å²) in [5, 5.41) is 18.8. The molecule has 6 nitrogen and oxygen atoms in total. The molecule has 1 saturated carbocycles. The number of carbonyl (C=O) groups is 1. The number of hydrogen-bond donors (Lipinski definition) is 2. The minimum atomic E-state index is -0.739. The number of hydrogen-bond acceptors (Lipinski definition) is 3. The topological polar surface area (TPSA) is 80.1 Å². The lowest BCUT2D eigenvalue weighted by molar-refractivity contribution is -0.145. The van der Waals surface area contributed by atoms with Crippen LogP contribution in [-0.4, -0.2) is 39.6 Å². The monoisotopic (exact) mass is 435 g/mol. The largest absolute Gasteiger partial charge is 0.481 e. The van der Waals surface area contributed by atoms with E-state index in [1.54, 1.807) is 25.4 Å². The standard InChI is InChI=1S/C25H26FN3O3/c1-25(2,13-32-3)23-22(14-8-15(9-14)24(30)31)19-11-20-16(12-27-28-20)10-21(19)29(23)18-6-4-17(26)5-7-18/h4-7,10-12,14-15H,8-9,13H2,1-3H3,(H,27,28)(H,30,31)/t14-,15-. The normalized spacial score (nSPS) is 18.9. The Labute approximate surface area is 185 Å². The van der Waals surface area contributed by atoms with Gasteiger partial charge in [-0.25, -0.2) is 4.39 Å². The third-order valence-electron chi connectivity index (χ3n) is 6.69. The molecule has 0 radical (unpaired) electrons. The molecule has 0 saturated heterocycles. The smallest absolute Gasteiger partial charge is 0.306 e. The third kappa shape index (κ3) is 3.19. The molecule has 0 unspecified atom stereocenters. The van der Waals surface area contributed by atoms with Gasteiger partial charge in [-0.3, -0.25) is 9.89 Å². The van der Waals surface area contributed by atoms with E-state index in [1.165, 1.54) is 12.1 Å². The van der Waals surface area contributed by atoms with E-state index in [9.17, 15) is 14.3 Å². The zero-order valence-electron chi connectivity index (χ0n) is 18.4. The summed E-state index contributed by atoms with van der Waals surface area (Å²) >= 11 is 0. The van der Waals surface area contributed by atoms with E-state index >= 15 is 0 Å². The van der Waals surface area contributed by atoms with Crippen LogP contribution < -0.4 is 0 Å². The Morgan fingerprint density at radius 1 is 1.28 bits per heavy atom. The molecule has 0 amide bonds. The maximum atomic E-state index is 13.8. The molecule has 166 valence electrons. The van der Waals surface area contributed by atoms with Gasteiger partial charge in [-0.1, -0.05) is 13.8 Å². The van der Waals surface area contributed by atoms with Crippen LogP contribution in [0.1, 0.15) is 43.9 Å². The molecule has 0 atom stereocenters. The highest BCUT2D eigenvalue weighted by Crippen LogP contribution is 2.50. The number of methoxy groups -OCH3 is 1. The predicted octanol–water partition coefficient (Wildman–Crippen LogP) is 5.15. The molecule has 2 heterocycles. The van der Waals surface area contributed by atoms with Crippen molar-refractivity contribution in [3.8, 4) is 5.69 Å². The first-order chi connectivity index (χ1) is 15.3. The van der Waals surface area contributed by atoms with Crippen molar-refractivity contribution in [2.45, 2.75) is 38.0 Å². The summed E-state index contributed by atoms with van der Waals surface area (Å²) in [6, 6.07) is 10.7. The van der Waals surface area contributed by atoms with E-state index in [2.05, 4.69) is 40.7 Å². The summed E-state index contributed by atoms with van der Waals surface area (Å²) in [6.07, 6.45) is 3.00. The molecular formula is C25H26FN3O3. The number of H-pyrrole nitrogens is 1. The van der Waals surface area contributed by atoms with Gasteiger partial charge in [-0.15, -0.1) is 0 Å². The molecular weight excluding hydrogens is 409 g/mol. The Bertz CT molecular complexity index is 1310. The minimum absolute atomic E-state index is 0.131. The number of aliphatic carboxylic acids is 1. The number of aromatic amines is 1. The van der Waals surface area contributed by atoms with Gasteiger partial charge < -0.3 is 14.4 Å². The van der Waals surface area contributed by atoms with Crippen LogP contribution in [0.25, 0.3) is 27.5 Å². The van der Waals surface area contributed by atoms with Crippen LogP contribution >= 0.6 is 0 Å². The van der Waals surface area contributed by atoms with Gasteiger partial charge in [0.05, 0.1) is 29.8 Å². The van der Waals surface area contributed by atoms with E-state index < -0.39 is 5.97 Å². The Kier molecular flexibility index (Phi) is 4.82. The number of carboxylic acids is 1. The minimum Gasteiger partial charge on any atom is -0.481 e. The van der Waals surface area contributed by atoms with Gasteiger partial charge in [0, 0.05) is 34.7 Å². The van der Waals surface area contributed by atoms with Gasteiger partial charge in [0.1, 0.15) is 5.82 Å². The van der Waals surface area contributed by atoms with Crippen LogP contribution in [0.5, 0.6) is 0 Å². The zero-order valence-corrected chi connectivity index (χ0v) is 18.4. The average Bonchev–Trinajstić information content (AvgIpc) is 3.28. The van der Waals surface area contributed by atoms with E-state index in [-0.39, 0.29) is 23.1 Å². The Balaban J connectivity index is 1.84. The molecule has 0 spiro atoms. The van der Waals surface area contributed by atoms with Gasteiger partial charge in [-0.2, -0.15) is 5.10 Å². The first-order valence-corrected chi connectivity index (χ1v) is 10.8. The van der Waals surface area contributed by atoms with Crippen molar-refractivity contribution in [2.75, 3.05) is 13.7 Å². The number of carboxylic acid groups (broad SMARTS) is 1. The van der Waals surface area contributed by atoms with Gasteiger partial charge in [0.15, 0.2) is 0 Å².